The lowest BCUT2D eigenvalue weighted by molar-refractivity contribution is 0.0600. The zero-order valence-electron chi connectivity index (χ0n) is 9.47. The molecule has 0 unspecified atom stereocenters. The molecule has 0 aliphatic carbocycles. The van der Waals surface area contributed by atoms with E-state index in [-0.39, 0.29) is 5.97 Å². The number of carbonyl (C=O) groups excluding carboxylic acids is 1. The van der Waals surface area contributed by atoms with Crippen LogP contribution in [0.4, 0.5) is 5.69 Å². The van der Waals surface area contributed by atoms with Crippen LogP contribution in [0.1, 0.15) is 16.1 Å². The van der Waals surface area contributed by atoms with Crippen LogP contribution in [0, 0.1) is 0 Å². The Morgan fingerprint density at radius 2 is 2.12 bits per heavy atom. The van der Waals surface area contributed by atoms with Gasteiger partial charge in [0.1, 0.15) is 12.0 Å². The second-order valence-electron chi connectivity index (χ2n) is 3.51. The summed E-state index contributed by atoms with van der Waals surface area (Å²) in [5.74, 6) is 0.300. The Kier molecular flexibility index (Phi) is 3.45. The van der Waals surface area contributed by atoms with Crippen molar-refractivity contribution >= 4 is 11.7 Å². The van der Waals surface area contributed by atoms with Gasteiger partial charge in [-0.05, 0) is 18.2 Å². The first-order chi connectivity index (χ1) is 8.29. The summed E-state index contributed by atoms with van der Waals surface area (Å²) >= 11 is 0. The maximum Gasteiger partial charge on any atom is 0.341 e. The van der Waals surface area contributed by atoms with Crippen molar-refractivity contribution in [2.45, 2.75) is 6.54 Å². The van der Waals surface area contributed by atoms with Gasteiger partial charge in [-0.3, -0.25) is 0 Å². The number of carbonyl (C=O) groups is 1. The van der Waals surface area contributed by atoms with Gasteiger partial charge >= 0.3 is 5.97 Å². The third-order valence-corrected chi connectivity index (χ3v) is 2.32. The quantitative estimate of drug-likeness (QED) is 0.822. The number of esters is 1. The average molecular weight is 231 g/mol. The van der Waals surface area contributed by atoms with Crippen LogP contribution in [-0.4, -0.2) is 13.1 Å². The van der Waals surface area contributed by atoms with Gasteiger partial charge in [-0.15, -0.1) is 0 Å². The van der Waals surface area contributed by atoms with Crippen LogP contribution >= 0.6 is 0 Å². The van der Waals surface area contributed by atoms with E-state index in [1.54, 1.807) is 6.07 Å². The van der Waals surface area contributed by atoms with Crippen molar-refractivity contribution in [1.29, 1.82) is 0 Å². The first-order valence-corrected chi connectivity index (χ1v) is 5.24. The van der Waals surface area contributed by atoms with Crippen LogP contribution < -0.4 is 5.32 Å². The number of anilines is 1. The molecule has 1 heterocycles. The Balaban J connectivity index is 1.96. The number of ether oxygens (including phenoxy) is 1. The number of rotatable bonds is 4. The predicted molar refractivity (Wildman–Crippen MR) is 63.8 cm³/mol. The standard InChI is InChI=1S/C13H13NO3/c1-16-13(15)10-7-12(17-9-10)8-14-11-5-3-2-4-6-11/h2-7,9,14H,8H2,1H3. The van der Waals surface area contributed by atoms with E-state index >= 15 is 0 Å². The largest absolute Gasteiger partial charge is 0.467 e. The molecule has 4 heteroatoms. The summed E-state index contributed by atoms with van der Waals surface area (Å²) in [6.07, 6.45) is 1.40. The lowest BCUT2D eigenvalue weighted by atomic mass is 10.3. The maximum absolute atomic E-state index is 11.2. The molecule has 0 fully saturated rings. The molecule has 1 N–H and O–H groups in total. The fourth-order valence-corrected chi connectivity index (χ4v) is 1.44. The Bertz CT molecular complexity index is 490. The predicted octanol–water partition coefficient (Wildman–Crippen LogP) is 2.68. The molecule has 0 aliphatic heterocycles. The minimum Gasteiger partial charge on any atom is -0.467 e. The molecule has 4 nitrogen and oxygen atoms in total. The number of nitrogens with one attached hydrogen (secondary N) is 1. The number of hydrogen-bond donors (Lipinski definition) is 1. The van der Waals surface area contributed by atoms with Gasteiger partial charge < -0.3 is 14.5 Å². The number of methoxy groups -OCH3 is 1. The molecule has 0 atom stereocenters. The Hall–Kier alpha value is -2.23. The van der Waals surface area contributed by atoms with Gasteiger partial charge in [0.25, 0.3) is 0 Å². The molecule has 0 saturated heterocycles. The summed E-state index contributed by atoms with van der Waals surface area (Å²) in [6.45, 7) is 0.529. The molecular weight excluding hydrogens is 218 g/mol. The molecule has 2 aromatic rings. The van der Waals surface area contributed by atoms with Gasteiger partial charge in [0.15, 0.2) is 0 Å². The van der Waals surface area contributed by atoms with Gasteiger partial charge in [0.05, 0.1) is 19.2 Å². The van der Waals surface area contributed by atoms with Crippen molar-refractivity contribution in [3.8, 4) is 0 Å². The first kappa shape index (κ1) is 11.3. The number of para-hydroxylation sites is 1. The molecule has 1 aromatic carbocycles. The number of furan rings is 1. The summed E-state index contributed by atoms with van der Waals surface area (Å²) in [5, 5.41) is 3.19. The van der Waals surface area contributed by atoms with Crippen molar-refractivity contribution < 1.29 is 13.9 Å². The fourth-order valence-electron chi connectivity index (χ4n) is 1.44. The summed E-state index contributed by atoms with van der Waals surface area (Å²) in [7, 11) is 1.34. The van der Waals surface area contributed by atoms with Crippen LogP contribution in [0.5, 0.6) is 0 Å². The molecule has 0 saturated carbocycles. The van der Waals surface area contributed by atoms with E-state index in [0.29, 0.717) is 17.9 Å². The van der Waals surface area contributed by atoms with E-state index in [2.05, 4.69) is 10.1 Å². The average Bonchev–Trinajstić information content (AvgIpc) is 2.85. The third kappa shape index (κ3) is 2.87. The highest BCUT2D eigenvalue weighted by Crippen LogP contribution is 2.12. The molecule has 17 heavy (non-hydrogen) atoms. The summed E-state index contributed by atoms with van der Waals surface area (Å²) in [6, 6.07) is 11.4. The van der Waals surface area contributed by atoms with E-state index in [0.717, 1.165) is 5.69 Å². The summed E-state index contributed by atoms with van der Waals surface area (Å²) in [5.41, 5.74) is 1.43. The molecule has 0 aliphatic rings. The molecule has 0 spiro atoms. The normalized spacial score (nSPS) is 9.94. The van der Waals surface area contributed by atoms with Crippen molar-refractivity contribution in [1.82, 2.24) is 0 Å². The molecule has 0 amide bonds. The molecule has 2 rings (SSSR count). The van der Waals surface area contributed by atoms with E-state index in [1.807, 2.05) is 30.3 Å². The summed E-state index contributed by atoms with van der Waals surface area (Å²) < 4.78 is 9.84. The van der Waals surface area contributed by atoms with E-state index < -0.39 is 0 Å². The minimum atomic E-state index is -0.389. The lowest BCUT2D eigenvalue weighted by Crippen LogP contribution is -2.00. The van der Waals surface area contributed by atoms with Gasteiger partial charge in [-0.1, -0.05) is 18.2 Å². The molecule has 1 aromatic heterocycles. The van der Waals surface area contributed by atoms with Crippen molar-refractivity contribution in [3.63, 3.8) is 0 Å². The fraction of sp³-hybridized carbons (Fsp3) is 0.154. The molecule has 88 valence electrons. The highest BCUT2D eigenvalue weighted by Gasteiger charge is 2.09. The minimum absolute atomic E-state index is 0.389. The molecular formula is C13H13NO3. The number of benzene rings is 1. The highest BCUT2D eigenvalue weighted by atomic mass is 16.5. The van der Waals surface area contributed by atoms with Crippen LogP contribution in [0.15, 0.2) is 47.1 Å². The SMILES string of the molecule is COC(=O)c1coc(CNc2ccccc2)c1. The van der Waals surface area contributed by atoms with Crippen molar-refractivity contribution in [2.75, 3.05) is 12.4 Å². The van der Waals surface area contributed by atoms with Crippen LogP contribution in [0.2, 0.25) is 0 Å². The van der Waals surface area contributed by atoms with E-state index in [4.69, 9.17) is 4.42 Å². The molecule has 0 bridgehead atoms. The zero-order chi connectivity index (χ0) is 12.1. The number of hydrogen-bond acceptors (Lipinski definition) is 4. The summed E-state index contributed by atoms with van der Waals surface area (Å²) in [4.78, 5) is 11.2. The second kappa shape index (κ2) is 5.21. The highest BCUT2D eigenvalue weighted by molar-refractivity contribution is 5.88. The lowest BCUT2D eigenvalue weighted by Gasteiger charge is -2.02. The van der Waals surface area contributed by atoms with Crippen molar-refractivity contribution in [3.05, 3.63) is 54.0 Å². The van der Waals surface area contributed by atoms with Crippen molar-refractivity contribution in [2.24, 2.45) is 0 Å². The zero-order valence-corrected chi connectivity index (χ0v) is 9.47. The van der Waals surface area contributed by atoms with Gasteiger partial charge in [-0.25, -0.2) is 4.79 Å². The van der Waals surface area contributed by atoms with Crippen LogP contribution in [-0.2, 0) is 11.3 Å². The topological polar surface area (TPSA) is 51.5 Å². The van der Waals surface area contributed by atoms with E-state index in [9.17, 15) is 4.79 Å². The van der Waals surface area contributed by atoms with Gasteiger partial charge in [-0.2, -0.15) is 0 Å². The monoisotopic (exact) mass is 231 g/mol. The Morgan fingerprint density at radius 1 is 1.35 bits per heavy atom. The first-order valence-electron chi connectivity index (χ1n) is 5.24. The second-order valence-corrected chi connectivity index (χ2v) is 3.51. The van der Waals surface area contributed by atoms with Gasteiger partial charge in [0.2, 0.25) is 0 Å². The maximum atomic E-state index is 11.2. The smallest absolute Gasteiger partial charge is 0.341 e. The van der Waals surface area contributed by atoms with Gasteiger partial charge in [0, 0.05) is 5.69 Å². The van der Waals surface area contributed by atoms with Crippen LogP contribution in [0.25, 0.3) is 0 Å². The van der Waals surface area contributed by atoms with Crippen LogP contribution in [0.3, 0.4) is 0 Å². The Morgan fingerprint density at radius 3 is 2.82 bits per heavy atom. The third-order valence-electron chi connectivity index (χ3n) is 2.32. The van der Waals surface area contributed by atoms with E-state index in [1.165, 1.54) is 13.4 Å². The Labute approximate surface area is 99.2 Å². The molecule has 0 radical (unpaired) electrons.